The van der Waals surface area contributed by atoms with Crippen molar-refractivity contribution in [2.45, 2.75) is 19.9 Å². The Morgan fingerprint density at radius 2 is 1.91 bits per heavy atom. The molecule has 112 valence electrons. The van der Waals surface area contributed by atoms with Gasteiger partial charge in [0.2, 0.25) is 0 Å². The van der Waals surface area contributed by atoms with Crippen LogP contribution in [0.1, 0.15) is 19.4 Å². The predicted octanol–water partition coefficient (Wildman–Crippen LogP) is 4.35. The van der Waals surface area contributed by atoms with Gasteiger partial charge in [0.1, 0.15) is 11.5 Å². The maximum absolute atomic E-state index is 13.2. The van der Waals surface area contributed by atoms with Crippen molar-refractivity contribution in [3.05, 3.63) is 58.9 Å². The van der Waals surface area contributed by atoms with E-state index in [4.69, 9.17) is 11.6 Å². The van der Waals surface area contributed by atoms with Crippen LogP contribution in [0.2, 0.25) is 5.02 Å². The van der Waals surface area contributed by atoms with Crippen molar-refractivity contribution >= 4 is 34.6 Å². The molecule has 0 saturated heterocycles. The molecule has 5 heteroatoms. The molecule has 0 aliphatic carbocycles. The lowest BCUT2D eigenvalue weighted by Gasteiger charge is -2.20. The monoisotopic (exact) mass is 316 g/mol. The average Bonchev–Trinajstić information content (AvgIpc) is 2.76. The summed E-state index contributed by atoms with van der Waals surface area (Å²) < 4.78 is 13.2. The Bertz CT molecular complexity index is 786. The van der Waals surface area contributed by atoms with Crippen LogP contribution in [0.5, 0.6) is 0 Å². The minimum atomic E-state index is -0.507. The number of halogens is 2. The smallest absolute Gasteiger partial charge is 0.277 e. The van der Waals surface area contributed by atoms with E-state index in [1.165, 1.54) is 18.2 Å². The van der Waals surface area contributed by atoms with Crippen LogP contribution in [0.3, 0.4) is 0 Å². The summed E-state index contributed by atoms with van der Waals surface area (Å²) in [6, 6.07) is 11.7. The number of aliphatic imine (C=N–C) groups is 1. The summed E-state index contributed by atoms with van der Waals surface area (Å²) in [7, 11) is 0. The second-order valence-electron chi connectivity index (χ2n) is 5.34. The number of hydrogen-bond acceptors (Lipinski definition) is 2. The lowest BCUT2D eigenvalue weighted by Crippen LogP contribution is -2.35. The zero-order valence-corrected chi connectivity index (χ0v) is 12.9. The van der Waals surface area contributed by atoms with Crippen LogP contribution in [-0.4, -0.2) is 17.7 Å². The van der Waals surface area contributed by atoms with Crippen LogP contribution in [0, 0.1) is 5.82 Å². The lowest BCUT2D eigenvalue weighted by atomic mass is 10.1. The van der Waals surface area contributed by atoms with Gasteiger partial charge < -0.3 is 4.90 Å². The van der Waals surface area contributed by atoms with Gasteiger partial charge in [0.25, 0.3) is 5.91 Å². The first-order valence-corrected chi connectivity index (χ1v) is 7.33. The van der Waals surface area contributed by atoms with E-state index in [-0.39, 0.29) is 17.0 Å². The minimum Gasteiger partial charge on any atom is -0.304 e. The van der Waals surface area contributed by atoms with Crippen molar-refractivity contribution < 1.29 is 9.18 Å². The van der Waals surface area contributed by atoms with Gasteiger partial charge in [0, 0.05) is 11.6 Å². The van der Waals surface area contributed by atoms with Gasteiger partial charge in [-0.3, -0.25) is 4.79 Å². The van der Waals surface area contributed by atoms with Gasteiger partial charge in [0.05, 0.1) is 16.4 Å². The number of amides is 1. The zero-order valence-electron chi connectivity index (χ0n) is 12.2. The van der Waals surface area contributed by atoms with E-state index in [2.05, 4.69) is 4.99 Å². The number of carbonyl (C=O) groups is 1. The van der Waals surface area contributed by atoms with Gasteiger partial charge in [0.15, 0.2) is 0 Å². The van der Waals surface area contributed by atoms with E-state index < -0.39 is 5.82 Å². The summed E-state index contributed by atoms with van der Waals surface area (Å²) >= 11 is 5.78. The highest BCUT2D eigenvalue weighted by atomic mass is 35.5. The molecule has 2 aromatic rings. The van der Waals surface area contributed by atoms with Crippen molar-refractivity contribution in [2.24, 2.45) is 4.99 Å². The standard InChI is InChI=1S/C17H14ClFN2O/c1-10(2)21-15-6-4-3-5-12(15)16(17(21)22)20-11-7-8-14(19)13(18)9-11/h3-10H,1-2H3. The summed E-state index contributed by atoms with van der Waals surface area (Å²) in [5.74, 6) is -0.663. The van der Waals surface area contributed by atoms with Crippen LogP contribution in [0.15, 0.2) is 47.5 Å². The average molecular weight is 317 g/mol. The fourth-order valence-electron chi connectivity index (χ4n) is 2.53. The normalized spacial score (nSPS) is 15.8. The molecular formula is C17H14ClFN2O. The summed E-state index contributed by atoms with van der Waals surface area (Å²) in [6.07, 6.45) is 0. The van der Waals surface area contributed by atoms with Crippen molar-refractivity contribution in [3.63, 3.8) is 0 Å². The molecule has 3 nitrogen and oxygen atoms in total. The predicted molar refractivity (Wildman–Crippen MR) is 86.7 cm³/mol. The number of carbonyl (C=O) groups excluding carboxylic acids is 1. The largest absolute Gasteiger partial charge is 0.304 e. The van der Waals surface area contributed by atoms with Crippen LogP contribution in [-0.2, 0) is 4.79 Å². The Morgan fingerprint density at radius 1 is 1.18 bits per heavy atom. The van der Waals surface area contributed by atoms with Crippen LogP contribution >= 0.6 is 11.6 Å². The van der Waals surface area contributed by atoms with Gasteiger partial charge in [-0.2, -0.15) is 0 Å². The molecule has 0 aromatic heterocycles. The maximum atomic E-state index is 13.2. The van der Waals surface area contributed by atoms with Crippen molar-refractivity contribution in [2.75, 3.05) is 4.90 Å². The molecule has 3 rings (SSSR count). The van der Waals surface area contributed by atoms with E-state index in [1.807, 2.05) is 38.1 Å². The zero-order chi connectivity index (χ0) is 15.9. The highest BCUT2D eigenvalue weighted by molar-refractivity contribution is 6.54. The van der Waals surface area contributed by atoms with Gasteiger partial charge in [-0.1, -0.05) is 29.8 Å². The number of fused-ring (bicyclic) bond motifs is 1. The van der Waals surface area contributed by atoms with Crippen LogP contribution < -0.4 is 4.90 Å². The summed E-state index contributed by atoms with van der Waals surface area (Å²) in [4.78, 5) is 18.7. The first-order valence-electron chi connectivity index (χ1n) is 6.95. The number of nitrogens with zero attached hydrogens (tertiary/aromatic N) is 2. The number of anilines is 1. The third kappa shape index (κ3) is 2.40. The molecule has 0 atom stereocenters. The lowest BCUT2D eigenvalue weighted by molar-refractivity contribution is -0.112. The van der Waals surface area contributed by atoms with Crippen LogP contribution in [0.4, 0.5) is 15.8 Å². The molecular weight excluding hydrogens is 303 g/mol. The Labute approximate surface area is 133 Å². The number of benzene rings is 2. The Balaban J connectivity index is 2.12. The maximum Gasteiger partial charge on any atom is 0.277 e. The molecule has 2 aromatic carbocycles. The molecule has 0 unspecified atom stereocenters. The Morgan fingerprint density at radius 3 is 2.59 bits per heavy atom. The van der Waals surface area contributed by atoms with E-state index in [0.717, 1.165) is 11.3 Å². The summed E-state index contributed by atoms with van der Waals surface area (Å²) in [5, 5.41) is -0.0127. The third-order valence-corrected chi connectivity index (χ3v) is 3.79. The molecule has 1 aliphatic rings. The minimum absolute atomic E-state index is 0.0127. The molecule has 1 amide bonds. The fourth-order valence-corrected chi connectivity index (χ4v) is 2.70. The van der Waals surface area contributed by atoms with Crippen LogP contribution in [0.25, 0.3) is 0 Å². The molecule has 0 radical (unpaired) electrons. The van der Waals surface area contributed by atoms with E-state index in [0.29, 0.717) is 11.4 Å². The molecule has 0 bridgehead atoms. The molecule has 22 heavy (non-hydrogen) atoms. The highest BCUT2D eigenvalue weighted by Gasteiger charge is 2.35. The highest BCUT2D eigenvalue weighted by Crippen LogP contribution is 2.32. The second kappa shape index (κ2) is 5.54. The molecule has 0 spiro atoms. The number of hydrogen-bond donors (Lipinski definition) is 0. The molecule has 0 saturated carbocycles. The number of para-hydroxylation sites is 1. The third-order valence-electron chi connectivity index (χ3n) is 3.50. The molecule has 1 heterocycles. The van der Waals surface area contributed by atoms with E-state index in [1.54, 1.807) is 4.90 Å². The SMILES string of the molecule is CC(C)N1C(=O)C(=Nc2ccc(F)c(Cl)c2)c2ccccc21. The van der Waals surface area contributed by atoms with E-state index >= 15 is 0 Å². The summed E-state index contributed by atoms with van der Waals surface area (Å²) in [5.41, 5.74) is 2.43. The van der Waals surface area contributed by atoms with Crippen molar-refractivity contribution in [1.29, 1.82) is 0 Å². The van der Waals surface area contributed by atoms with Gasteiger partial charge in [-0.25, -0.2) is 9.38 Å². The Hall–Kier alpha value is -2.20. The topological polar surface area (TPSA) is 32.7 Å². The van der Waals surface area contributed by atoms with Gasteiger partial charge in [-0.15, -0.1) is 0 Å². The first-order chi connectivity index (χ1) is 10.5. The van der Waals surface area contributed by atoms with Crippen molar-refractivity contribution in [1.82, 2.24) is 0 Å². The van der Waals surface area contributed by atoms with Crippen molar-refractivity contribution in [3.8, 4) is 0 Å². The fraction of sp³-hybridized carbons (Fsp3) is 0.176. The van der Waals surface area contributed by atoms with Gasteiger partial charge in [-0.05, 0) is 38.1 Å². The quantitative estimate of drug-likeness (QED) is 0.810. The molecule has 0 N–H and O–H groups in total. The van der Waals surface area contributed by atoms with Gasteiger partial charge >= 0.3 is 0 Å². The van der Waals surface area contributed by atoms with E-state index in [9.17, 15) is 9.18 Å². The molecule has 0 fully saturated rings. The number of rotatable bonds is 2. The Kier molecular flexibility index (Phi) is 3.71. The summed E-state index contributed by atoms with van der Waals surface area (Å²) in [6.45, 7) is 3.90. The second-order valence-corrected chi connectivity index (χ2v) is 5.75. The first kappa shape index (κ1) is 14.7. The molecule has 1 aliphatic heterocycles.